The molecular formula is C7H10BNO4S. The smallest absolute Gasteiger partial charge is 0.423 e. The summed E-state index contributed by atoms with van der Waals surface area (Å²) in [6.45, 7) is 1.47. The zero-order valence-electron chi connectivity index (χ0n) is 7.51. The lowest BCUT2D eigenvalue weighted by molar-refractivity contribution is 0.425. The van der Waals surface area contributed by atoms with Crippen molar-refractivity contribution in [3.8, 4) is 0 Å². The highest BCUT2D eigenvalue weighted by Gasteiger charge is 2.19. The first-order chi connectivity index (χ1) is 6.34. The highest BCUT2D eigenvalue weighted by molar-refractivity contribution is 7.89. The SMILES string of the molecule is Cc1c(B(O)O)cccc1S(N)(=O)=O. The second-order valence-corrected chi connectivity index (χ2v) is 4.42. The average Bonchev–Trinajstić information content (AvgIpc) is 2.01. The lowest BCUT2D eigenvalue weighted by Gasteiger charge is -2.08. The second kappa shape index (κ2) is 3.70. The van der Waals surface area contributed by atoms with E-state index in [1.165, 1.54) is 25.1 Å². The molecule has 1 aromatic rings. The van der Waals surface area contributed by atoms with Crippen LogP contribution >= 0.6 is 0 Å². The summed E-state index contributed by atoms with van der Waals surface area (Å²) < 4.78 is 22.1. The maximum Gasteiger partial charge on any atom is 0.488 e. The molecule has 14 heavy (non-hydrogen) atoms. The third-order valence-corrected chi connectivity index (χ3v) is 2.97. The monoisotopic (exact) mass is 215 g/mol. The van der Waals surface area contributed by atoms with Crippen molar-refractivity contribution in [3.05, 3.63) is 23.8 Å². The fraction of sp³-hybridized carbons (Fsp3) is 0.143. The van der Waals surface area contributed by atoms with Crippen LogP contribution in [0.2, 0.25) is 0 Å². The Labute approximate surface area is 82.4 Å². The molecule has 0 atom stereocenters. The predicted octanol–water partition coefficient (Wildman–Crippen LogP) is -1.68. The predicted molar refractivity (Wildman–Crippen MR) is 52.4 cm³/mol. The van der Waals surface area contributed by atoms with Gasteiger partial charge in [-0.15, -0.1) is 0 Å². The van der Waals surface area contributed by atoms with Gasteiger partial charge in [0.1, 0.15) is 0 Å². The molecule has 7 heteroatoms. The summed E-state index contributed by atoms with van der Waals surface area (Å²) in [5, 5.41) is 22.8. The maximum atomic E-state index is 11.0. The van der Waals surface area contributed by atoms with Gasteiger partial charge in [0.2, 0.25) is 10.0 Å². The third kappa shape index (κ3) is 2.13. The van der Waals surface area contributed by atoms with Gasteiger partial charge < -0.3 is 10.0 Å². The number of hydrogen-bond donors (Lipinski definition) is 3. The number of nitrogens with two attached hydrogens (primary N) is 1. The van der Waals surface area contributed by atoms with E-state index in [0.717, 1.165) is 0 Å². The van der Waals surface area contributed by atoms with Crippen molar-refractivity contribution < 1.29 is 18.5 Å². The van der Waals surface area contributed by atoms with Gasteiger partial charge in [0, 0.05) is 0 Å². The molecule has 0 aliphatic carbocycles. The van der Waals surface area contributed by atoms with Crippen LogP contribution in [-0.2, 0) is 10.0 Å². The first kappa shape index (κ1) is 11.2. The Balaban J connectivity index is 3.43. The van der Waals surface area contributed by atoms with Gasteiger partial charge in [-0.3, -0.25) is 0 Å². The number of sulfonamides is 1. The summed E-state index contributed by atoms with van der Waals surface area (Å²) in [4.78, 5) is -0.0944. The molecule has 4 N–H and O–H groups in total. The molecule has 1 aromatic carbocycles. The fourth-order valence-electron chi connectivity index (χ4n) is 1.22. The van der Waals surface area contributed by atoms with Crippen molar-refractivity contribution in [1.82, 2.24) is 0 Å². The van der Waals surface area contributed by atoms with Crippen LogP contribution < -0.4 is 10.6 Å². The summed E-state index contributed by atoms with van der Waals surface area (Å²) >= 11 is 0. The van der Waals surface area contributed by atoms with Crippen molar-refractivity contribution in [2.45, 2.75) is 11.8 Å². The van der Waals surface area contributed by atoms with E-state index in [2.05, 4.69) is 0 Å². The van der Waals surface area contributed by atoms with Crippen LogP contribution in [0, 0.1) is 6.92 Å². The van der Waals surface area contributed by atoms with Crippen LogP contribution in [0.1, 0.15) is 5.56 Å². The normalized spacial score (nSPS) is 11.4. The molecule has 5 nitrogen and oxygen atoms in total. The highest BCUT2D eigenvalue weighted by atomic mass is 32.2. The van der Waals surface area contributed by atoms with E-state index in [1.54, 1.807) is 0 Å². The molecule has 0 radical (unpaired) electrons. The minimum Gasteiger partial charge on any atom is -0.423 e. The fourth-order valence-corrected chi connectivity index (χ4v) is 2.03. The Morgan fingerprint density at radius 2 is 1.93 bits per heavy atom. The van der Waals surface area contributed by atoms with Crippen LogP contribution in [0.5, 0.6) is 0 Å². The van der Waals surface area contributed by atoms with E-state index in [0.29, 0.717) is 0 Å². The lowest BCUT2D eigenvalue weighted by Crippen LogP contribution is -2.33. The molecule has 76 valence electrons. The minimum absolute atomic E-state index is 0.0944. The van der Waals surface area contributed by atoms with Gasteiger partial charge in [-0.2, -0.15) is 0 Å². The van der Waals surface area contributed by atoms with Gasteiger partial charge in [-0.05, 0) is 24.0 Å². The van der Waals surface area contributed by atoms with Gasteiger partial charge in [-0.1, -0.05) is 12.1 Å². The van der Waals surface area contributed by atoms with Crippen molar-refractivity contribution in [2.75, 3.05) is 0 Å². The van der Waals surface area contributed by atoms with E-state index in [4.69, 9.17) is 15.2 Å². The number of rotatable bonds is 2. The molecule has 0 unspecified atom stereocenters. The molecule has 0 fully saturated rings. The van der Waals surface area contributed by atoms with Gasteiger partial charge in [0.25, 0.3) is 0 Å². The lowest BCUT2D eigenvalue weighted by atomic mass is 9.77. The van der Waals surface area contributed by atoms with Gasteiger partial charge in [-0.25, -0.2) is 13.6 Å². The summed E-state index contributed by atoms with van der Waals surface area (Å²) in [7, 11) is -5.51. The molecule has 1 rings (SSSR count). The molecule has 0 bridgehead atoms. The first-order valence-electron chi connectivity index (χ1n) is 3.82. The van der Waals surface area contributed by atoms with E-state index in [9.17, 15) is 8.42 Å². The Hall–Kier alpha value is -0.885. The Morgan fingerprint density at radius 1 is 1.36 bits per heavy atom. The summed E-state index contributed by atoms with van der Waals surface area (Å²) in [6, 6.07) is 4.15. The number of hydrogen-bond acceptors (Lipinski definition) is 4. The Morgan fingerprint density at radius 3 is 2.36 bits per heavy atom. The van der Waals surface area contributed by atoms with E-state index in [1.807, 2.05) is 0 Å². The minimum atomic E-state index is -3.81. The molecule has 0 amide bonds. The molecule has 0 heterocycles. The van der Waals surface area contributed by atoms with Gasteiger partial charge in [0.05, 0.1) is 4.90 Å². The molecule has 0 aromatic heterocycles. The van der Waals surface area contributed by atoms with Crippen LogP contribution in [0.25, 0.3) is 0 Å². The van der Waals surface area contributed by atoms with Crippen LogP contribution in [0.4, 0.5) is 0 Å². The summed E-state index contributed by atoms with van der Waals surface area (Å²) in [6.07, 6.45) is 0. The van der Waals surface area contributed by atoms with Crippen molar-refractivity contribution in [2.24, 2.45) is 5.14 Å². The number of primary sulfonamides is 1. The molecule has 0 saturated carbocycles. The van der Waals surface area contributed by atoms with Gasteiger partial charge in [0.15, 0.2) is 0 Å². The third-order valence-electron chi connectivity index (χ3n) is 1.91. The Bertz CT molecular complexity index is 443. The standard InChI is InChI=1S/C7H10BNO4S/c1-5-6(8(10)11)3-2-4-7(5)14(9,12)13/h2-4,10-11H,1H3,(H2,9,12,13). The zero-order valence-corrected chi connectivity index (χ0v) is 8.32. The highest BCUT2D eigenvalue weighted by Crippen LogP contribution is 2.10. The molecular weight excluding hydrogens is 205 g/mol. The molecule has 0 aliphatic rings. The molecule has 0 aliphatic heterocycles. The van der Waals surface area contributed by atoms with Crippen LogP contribution in [0.3, 0.4) is 0 Å². The number of benzene rings is 1. The van der Waals surface area contributed by atoms with Gasteiger partial charge >= 0.3 is 7.12 Å². The zero-order chi connectivity index (χ0) is 10.9. The van der Waals surface area contributed by atoms with Crippen LogP contribution in [-0.4, -0.2) is 25.6 Å². The average molecular weight is 215 g/mol. The maximum absolute atomic E-state index is 11.0. The van der Waals surface area contributed by atoms with E-state index < -0.39 is 17.1 Å². The van der Waals surface area contributed by atoms with Crippen LogP contribution in [0.15, 0.2) is 23.1 Å². The van der Waals surface area contributed by atoms with Crippen molar-refractivity contribution in [3.63, 3.8) is 0 Å². The topological polar surface area (TPSA) is 101 Å². The van der Waals surface area contributed by atoms with E-state index >= 15 is 0 Å². The van der Waals surface area contributed by atoms with Crippen molar-refractivity contribution >= 4 is 22.6 Å². The Kier molecular flexibility index (Phi) is 2.96. The largest absolute Gasteiger partial charge is 0.488 e. The summed E-state index contributed by atoms with van der Waals surface area (Å²) in [5.74, 6) is 0. The van der Waals surface area contributed by atoms with E-state index in [-0.39, 0.29) is 15.9 Å². The first-order valence-corrected chi connectivity index (χ1v) is 5.37. The van der Waals surface area contributed by atoms with Crippen molar-refractivity contribution in [1.29, 1.82) is 0 Å². The quantitative estimate of drug-likeness (QED) is 0.513. The second-order valence-electron chi connectivity index (χ2n) is 2.89. The molecule has 0 saturated heterocycles. The summed E-state index contributed by atoms with van der Waals surface area (Å²) in [5.41, 5.74) is 0.390. The molecule has 0 spiro atoms.